The summed E-state index contributed by atoms with van der Waals surface area (Å²) < 4.78 is 11.9. The summed E-state index contributed by atoms with van der Waals surface area (Å²) in [7, 11) is 1.59. The summed E-state index contributed by atoms with van der Waals surface area (Å²) in [5.41, 5.74) is 0.152. The van der Waals surface area contributed by atoms with Crippen molar-refractivity contribution in [2.24, 2.45) is 0 Å². The molecule has 0 amide bonds. The Balaban J connectivity index is 1.65. The minimum Gasteiger partial charge on any atom is -0.497 e. The van der Waals surface area contributed by atoms with E-state index in [1.54, 1.807) is 49.7 Å². The molecule has 0 saturated carbocycles. The summed E-state index contributed by atoms with van der Waals surface area (Å²) in [4.78, 5) is 20.5. The van der Waals surface area contributed by atoms with Crippen LogP contribution in [0.4, 0.5) is 0 Å². The van der Waals surface area contributed by atoms with E-state index in [0.29, 0.717) is 16.8 Å². The van der Waals surface area contributed by atoms with Gasteiger partial charge in [0.15, 0.2) is 5.65 Å². The van der Waals surface area contributed by atoms with Gasteiger partial charge in [-0.3, -0.25) is 9.36 Å². The van der Waals surface area contributed by atoms with Crippen LogP contribution >= 0.6 is 0 Å². The first-order valence-electron chi connectivity index (χ1n) is 7.42. The average Bonchev–Trinajstić information content (AvgIpc) is 2.63. The van der Waals surface area contributed by atoms with Gasteiger partial charge >= 0.3 is 0 Å². The van der Waals surface area contributed by atoms with Crippen LogP contribution in [0.2, 0.25) is 0 Å². The Hall–Kier alpha value is -2.93. The quantitative estimate of drug-likeness (QED) is 0.733. The molecule has 3 aromatic rings. The molecule has 0 radical (unpaired) electrons. The molecule has 0 bridgehead atoms. The van der Waals surface area contributed by atoms with E-state index in [2.05, 4.69) is 9.97 Å². The smallest absolute Gasteiger partial charge is 0.262 e. The van der Waals surface area contributed by atoms with Crippen LogP contribution in [0.1, 0.15) is 0 Å². The summed E-state index contributed by atoms with van der Waals surface area (Å²) in [5.74, 6) is 1.34. The fourth-order valence-electron chi connectivity index (χ4n) is 2.27. The first-order valence-corrected chi connectivity index (χ1v) is 7.42. The maximum Gasteiger partial charge on any atom is 0.262 e. The highest BCUT2D eigenvalue weighted by molar-refractivity contribution is 5.72. The first kappa shape index (κ1) is 15.9. The predicted octanol–water partition coefficient (Wildman–Crippen LogP) is 1.24. The molecule has 3 rings (SSSR count). The third kappa shape index (κ3) is 3.52. The van der Waals surface area contributed by atoms with Crippen LogP contribution in [0, 0.1) is 0 Å². The maximum atomic E-state index is 12.3. The molecule has 2 heterocycles. The SMILES string of the molecule is COc1ccc(OC[C@H](O)Cn2cnc3ncccc3c2=O)cc1. The molecule has 2 aromatic heterocycles. The number of hydrogen-bond donors (Lipinski definition) is 1. The van der Waals surface area contributed by atoms with E-state index in [1.807, 2.05) is 0 Å². The molecule has 1 atom stereocenters. The molecular weight excluding hydrogens is 310 g/mol. The van der Waals surface area contributed by atoms with Gasteiger partial charge in [0.2, 0.25) is 0 Å². The van der Waals surface area contributed by atoms with E-state index in [1.165, 1.54) is 10.9 Å². The van der Waals surface area contributed by atoms with Crippen molar-refractivity contribution in [1.29, 1.82) is 0 Å². The minimum atomic E-state index is -0.847. The van der Waals surface area contributed by atoms with E-state index < -0.39 is 6.10 Å². The van der Waals surface area contributed by atoms with Gasteiger partial charge < -0.3 is 14.6 Å². The predicted molar refractivity (Wildman–Crippen MR) is 88.3 cm³/mol. The lowest BCUT2D eigenvalue weighted by molar-refractivity contribution is 0.0914. The topological polar surface area (TPSA) is 86.5 Å². The fraction of sp³-hybridized carbons (Fsp3) is 0.235. The number of aliphatic hydroxyl groups is 1. The number of nitrogens with zero attached hydrogens (tertiary/aromatic N) is 3. The Bertz CT molecular complexity index is 877. The molecule has 7 heteroatoms. The van der Waals surface area contributed by atoms with Crippen LogP contribution in [0.25, 0.3) is 11.0 Å². The molecule has 0 unspecified atom stereocenters. The zero-order valence-corrected chi connectivity index (χ0v) is 13.1. The third-order valence-electron chi connectivity index (χ3n) is 3.51. The van der Waals surface area contributed by atoms with E-state index >= 15 is 0 Å². The number of aliphatic hydroxyl groups excluding tert-OH is 1. The highest BCUT2D eigenvalue weighted by Gasteiger charge is 2.10. The number of hydrogen-bond acceptors (Lipinski definition) is 6. The molecule has 7 nitrogen and oxygen atoms in total. The number of benzene rings is 1. The Kier molecular flexibility index (Phi) is 4.72. The van der Waals surface area contributed by atoms with E-state index in [4.69, 9.17) is 9.47 Å². The Morgan fingerprint density at radius 1 is 1.17 bits per heavy atom. The van der Waals surface area contributed by atoms with E-state index in [9.17, 15) is 9.90 Å². The fourth-order valence-corrected chi connectivity index (χ4v) is 2.27. The molecule has 124 valence electrons. The van der Waals surface area contributed by atoms with Gasteiger partial charge in [0.25, 0.3) is 5.56 Å². The lowest BCUT2D eigenvalue weighted by Gasteiger charge is -2.14. The van der Waals surface area contributed by atoms with Gasteiger partial charge in [-0.25, -0.2) is 9.97 Å². The lowest BCUT2D eigenvalue weighted by atomic mass is 10.3. The van der Waals surface area contributed by atoms with Gasteiger partial charge in [0, 0.05) is 6.20 Å². The summed E-state index contributed by atoms with van der Waals surface area (Å²) in [5, 5.41) is 10.5. The van der Waals surface area contributed by atoms with Crippen LogP contribution in [0.5, 0.6) is 11.5 Å². The van der Waals surface area contributed by atoms with Crippen molar-refractivity contribution in [3.8, 4) is 11.5 Å². The summed E-state index contributed by atoms with van der Waals surface area (Å²) in [6.45, 7) is 0.149. The highest BCUT2D eigenvalue weighted by Crippen LogP contribution is 2.17. The molecule has 0 aliphatic rings. The molecule has 1 aromatic carbocycles. The maximum absolute atomic E-state index is 12.3. The number of aromatic nitrogens is 3. The molecule has 24 heavy (non-hydrogen) atoms. The zero-order valence-electron chi connectivity index (χ0n) is 13.1. The largest absolute Gasteiger partial charge is 0.497 e. The summed E-state index contributed by atoms with van der Waals surface area (Å²) in [6.07, 6.45) is 2.12. The van der Waals surface area contributed by atoms with Gasteiger partial charge in [-0.1, -0.05) is 0 Å². The number of fused-ring (bicyclic) bond motifs is 1. The summed E-state index contributed by atoms with van der Waals surface area (Å²) in [6, 6.07) is 10.4. The highest BCUT2D eigenvalue weighted by atomic mass is 16.5. The molecule has 0 saturated heterocycles. The van der Waals surface area contributed by atoms with Crippen LogP contribution in [0.3, 0.4) is 0 Å². The Morgan fingerprint density at radius 3 is 2.67 bits per heavy atom. The molecule has 0 aliphatic heterocycles. The molecule has 0 fully saturated rings. The van der Waals surface area contributed by atoms with Crippen LogP contribution < -0.4 is 15.0 Å². The van der Waals surface area contributed by atoms with Gasteiger partial charge in [-0.15, -0.1) is 0 Å². The third-order valence-corrected chi connectivity index (χ3v) is 3.51. The monoisotopic (exact) mass is 327 g/mol. The minimum absolute atomic E-state index is 0.0594. The van der Waals surface area contributed by atoms with E-state index in [-0.39, 0.29) is 18.7 Å². The van der Waals surface area contributed by atoms with Crippen molar-refractivity contribution >= 4 is 11.0 Å². The van der Waals surface area contributed by atoms with Crippen molar-refractivity contribution in [3.05, 3.63) is 59.3 Å². The first-order chi connectivity index (χ1) is 11.7. The molecule has 0 spiro atoms. The normalized spacial score (nSPS) is 12.1. The number of pyridine rings is 1. The van der Waals surface area contributed by atoms with Gasteiger partial charge in [0.1, 0.15) is 30.5 Å². The Morgan fingerprint density at radius 2 is 1.92 bits per heavy atom. The van der Waals surface area contributed by atoms with Crippen molar-refractivity contribution in [2.75, 3.05) is 13.7 Å². The second-order valence-electron chi connectivity index (χ2n) is 5.22. The molecular formula is C17H17N3O4. The van der Waals surface area contributed by atoms with Crippen LogP contribution in [0.15, 0.2) is 53.7 Å². The van der Waals surface area contributed by atoms with Crippen molar-refractivity contribution in [3.63, 3.8) is 0 Å². The number of rotatable bonds is 6. The number of ether oxygens (including phenoxy) is 2. The van der Waals surface area contributed by atoms with Crippen LogP contribution in [-0.2, 0) is 6.54 Å². The number of methoxy groups -OCH3 is 1. The van der Waals surface area contributed by atoms with Crippen molar-refractivity contribution in [2.45, 2.75) is 12.6 Å². The second kappa shape index (κ2) is 7.10. The van der Waals surface area contributed by atoms with Gasteiger partial charge in [0.05, 0.1) is 19.0 Å². The van der Waals surface area contributed by atoms with E-state index in [0.717, 1.165) is 5.75 Å². The standard InChI is InChI=1S/C17H17N3O4/c1-23-13-4-6-14(7-5-13)24-10-12(21)9-20-11-19-16-15(17(20)22)3-2-8-18-16/h2-8,11-12,21H,9-10H2,1H3/t12-/m1/s1. The molecule has 0 aliphatic carbocycles. The average molecular weight is 327 g/mol. The van der Waals surface area contributed by atoms with Gasteiger partial charge in [-0.05, 0) is 36.4 Å². The molecule has 1 N–H and O–H groups in total. The van der Waals surface area contributed by atoms with Crippen molar-refractivity contribution in [1.82, 2.24) is 14.5 Å². The Labute approximate surface area is 138 Å². The zero-order chi connectivity index (χ0) is 16.9. The summed E-state index contributed by atoms with van der Waals surface area (Å²) >= 11 is 0. The lowest BCUT2D eigenvalue weighted by Crippen LogP contribution is -2.30. The van der Waals surface area contributed by atoms with Crippen molar-refractivity contribution < 1.29 is 14.6 Å². The van der Waals surface area contributed by atoms with Gasteiger partial charge in [-0.2, -0.15) is 0 Å². The second-order valence-corrected chi connectivity index (χ2v) is 5.22. The van der Waals surface area contributed by atoms with Crippen LogP contribution in [-0.4, -0.2) is 39.5 Å².